The van der Waals surface area contributed by atoms with Gasteiger partial charge in [-0.1, -0.05) is 18.2 Å². The van der Waals surface area contributed by atoms with Crippen molar-refractivity contribution in [2.24, 2.45) is 11.8 Å². The number of alkyl halides is 3. The largest absolute Gasteiger partial charge is 0.481 e. The third-order valence-electron chi connectivity index (χ3n) is 4.73. The number of para-hydroxylation sites is 1. The van der Waals surface area contributed by atoms with Crippen molar-refractivity contribution in [1.29, 1.82) is 0 Å². The van der Waals surface area contributed by atoms with Crippen molar-refractivity contribution < 1.29 is 32.6 Å². The molecular formula is C18H18F3N3O4. The average Bonchev–Trinajstić information content (AvgIpc) is 3.27. The van der Waals surface area contributed by atoms with Crippen molar-refractivity contribution in [3.8, 4) is 5.69 Å². The molecule has 150 valence electrons. The standard InChI is InChI=1S/C18H18F3N3O4/c1-28-10-15-12(7-22-24(15)11-5-3-2-4-6-11)16(25)23-8-13(17(26)27)14(9-23)18(19,20)21/h2-7,13-14H,8-10H2,1H3,(H,26,27)/t13-,14-/m1/s1. The number of nitrogens with zero attached hydrogens (tertiary/aromatic N) is 3. The Bertz CT molecular complexity index is 867. The number of methoxy groups -OCH3 is 1. The van der Waals surface area contributed by atoms with Crippen molar-refractivity contribution in [2.45, 2.75) is 12.8 Å². The van der Waals surface area contributed by atoms with E-state index in [1.807, 2.05) is 6.07 Å². The summed E-state index contributed by atoms with van der Waals surface area (Å²) in [6.45, 7) is -1.21. The molecule has 1 saturated heterocycles. The molecule has 2 heterocycles. The van der Waals surface area contributed by atoms with E-state index in [9.17, 15) is 22.8 Å². The number of hydrogen-bond donors (Lipinski definition) is 1. The average molecular weight is 397 g/mol. The van der Waals surface area contributed by atoms with Crippen LogP contribution < -0.4 is 0 Å². The lowest BCUT2D eigenvalue weighted by Crippen LogP contribution is -2.34. The Morgan fingerprint density at radius 3 is 2.46 bits per heavy atom. The summed E-state index contributed by atoms with van der Waals surface area (Å²) in [6.07, 6.45) is -3.44. The molecule has 0 spiro atoms. The normalized spacial score (nSPS) is 19.8. The second kappa shape index (κ2) is 7.63. The first-order chi connectivity index (χ1) is 13.2. The van der Waals surface area contributed by atoms with Crippen molar-refractivity contribution in [2.75, 3.05) is 20.2 Å². The first kappa shape index (κ1) is 19.9. The number of carbonyl (C=O) groups excluding carboxylic acids is 1. The van der Waals surface area contributed by atoms with E-state index in [0.29, 0.717) is 11.4 Å². The Kier molecular flexibility index (Phi) is 5.41. The topological polar surface area (TPSA) is 84.7 Å². The van der Waals surface area contributed by atoms with Gasteiger partial charge in [-0.15, -0.1) is 0 Å². The predicted molar refractivity (Wildman–Crippen MR) is 90.9 cm³/mol. The first-order valence-electron chi connectivity index (χ1n) is 8.44. The van der Waals surface area contributed by atoms with E-state index in [4.69, 9.17) is 9.84 Å². The second-order valence-corrected chi connectivity index (χ2v) is 6.49. The SMILES string of the molecule is COCc1c(C(=O)N2C[C@@H](C(F)(F)F)[C@H](C(=O)O)C2)cnn1-c1ccccc1. The van der Waals surface area contributed by atoms with Gasteiger partial charge in [-0.25, -0.2) is 4.68 Å². The Labute approximate surface area is 158 Å². The summed E-state index contributed by atoms with van der Waals surface area (Å²) in [5, 5.41) is 13.3. The highest BCUT2D eigenvalue weighted by molar-refractivity contribution is 5.96. The van der Waals surface area contributed by atoms with Gasteiger partial charge in [-0.3, -0.25) is 9.59 Å². The molecule has 0 unspecified atom stereocenters. The third-order valence-corrected chi connectivity index (χ3v) is 4.73. The van der Waals surface area contributed by atoms with E-state index in [1.165, 1.54) is 18.0 Å². The summed E-state index contributed by atoms with van der Waals surface area (Å²) in [5.74, 6) is -6.08. The number of ether oxygens (including phenoxy) is 1. The molecule has 1 aliphatic heterocycles. The van der Waals surface area contributed by atoms with Gasteiger partial charge >= 0.3 is 12.1 Å². The zero-order valence-electron chi connectivity index (χ0n) is 14.9. The molecule has 1 aromatic heterocycles. The molecule has 28 heavy (non-hydrogen) atoms. The minimum Gasteiger partial charge on any atom is -0.481 e. The molecule has 10 heteroatoms. The number of benzene rings is 1. The Morgan fingerprint density at radius 2 is 1.93 bits per heavy atom. The Morgan fingerprint density at radius 1 is 1.25 bits per heavy atom. The molecule has 7 nitrogen and oxygen atoms in total. The van der Waals surface area contributed by atoms with E-state index < -0.39 is 43.0 Å². The highest BCUT2D eigenvalue weighted by atomic mass is 19.4. The number of carboxylic acid groups (broad SMARTS) is 1. The fourth-order valence-corrected chi connectivity index (χ4v) is 3.34. The van der Waals surface area contributed by atoms with E-state index in [2.05, 4.69) is 5.10 Å². The summed E-state index contributed by atoms with van der Waals surface area (Å²) in [4.78, 5) is 25.1. The molecule has 1 fully saturated rings. The molecule has 1 N–H and O–H groups in total. The monoisotopic (exact) mass is 397 g/mol. The van der Waals surface area contributed by atoms with Crippen LogP contribution in [-0.4, -0.2) is 58.0 Å². The van der Waals surface area contributed by atoms with Crippen molar-refractivity contribution in [3.63, 3.8) is 0 Å². The quantitative estimate of drug-likeness (QED) is 0.837. The molecule has 1 aromatic carbocycles. The van der Waals surface area contributed by atoms with Crippen LogP contribution in [-0.2, 0) is 16.1 Å². The lowest BCUT2D eigenvalue weighted by Gasteiger charge is -2.18. The van der Waals surface area contributed by atoms with Gasteiger partial charge in [0.15, 0.2) is 0 Å². The number of hydrogen-bond acceptors (Lipinski definition) is 4. The second-order valence-electron chi connectivity index (χ2n) is 6.49. The molecule has 1 aliphatic rings. The van der Waals surface area contributed by atoms with Gasteiger partial charge in [0.05, 0.1) is 41.6 Å². The van der Waals surface area contributed by atoms with Crippen LogP contribution in [0.5, 0.6) is 0 Å². The highest BCUT2D eigenvalue weighted by Crippen LogP contribution is 2.38. The maximum absolute atomic E-state index is 13.2. The smallest absolute Gasteiger partial charge is 0.394 e. The first-order valence-corrected chi connectivity index (χ1v) is 8.44. The number of likely N-dealkylation sites (tertiary alicyclic amines) is 1. The molecule has 1 amide bonds. The molecule has 3 rings (SSSR count). The van der Waals surface area contributed by atoms with Crippen molar-refractivity contribution in [3.05, 3.63) is 47.8 Å². The van der Waals surface area contributed by atoms with Crippen LogP contribution in [0.1, 0.15) is 16.1 Å². The Balaban J connectivity index is 1.93. The molecule has 0 bridgehead atoms. The maximum Gasteiger partial charge on any atom is 0.394 e. The third kappa shape index (κ3) is 3.72. The number of amides is 1. The van der Waals surface area contributed by atoms with Gasteiger partial charge in [0.25, 0.3) is 5.91 Å². The van der Waals surface area contributed by atoms with E-state index in [0.717, 1.165) is 4.90 Å². The van der Waals surface area contributed by atoms with Crippen LogP contribution in [0.25, 0.3) is 5.69 Å². The number of aromatic nitrogens is 2. The van der Waals surface area contributed by atoms with E-state index >= 15 is 0 Å². The van der Waals surface area contributed by atoms with Gasteiger partial charge < -0.3 is 14.7 Å². The van der Waals surface area contributed by atoms with Crippen LogP contribution in [0.3, 0.4) is 0 Å². The highest BCUT2D eigenvalue weighted by Gasteiger charge is 2.53. The lowest BCUT2D eigenvalue weighted by atomic mass is 9.96. The molecule has 0 saturated carbocycles. The fraction of sp³-hybridized carbons (Fsp3) is 0.389. The summed E-state index contributed by atoms with van der Waals surface area (Å²) < 4.78 is 46.2. The lowest BCUT2D eigenvalue weighted by molar-refractivity contribution is -0.187. The van der Waals surface area contributed by atoms with Crippen LogP contribution in [0.2, 0.25) is 0 Å². The Hall–Kier alpha value is -2.88. The summed E-state index contributed by atoms with van der Waals surface area (Å²) in [7, 11) is 1.42. The van der Waals surface area contributed by atoms with Crippen LogP contribution in [0, 0.1) is 11.8 Å². The number of halogens is 3. The molecule has 0 aliphatic carbocycles. The minimum atomic E-state index is -4.71. The molecule has 0 radical (unpaired) electrons. The number of carboxylic acids is 1. The summed E-state index contributed by atoms with van der Waals surface area (Å²) >= 11 is 0. The van der Waals surface area contributed by atoms with Gasteiger partial charge in [0, 0.05) is 20.2 Å². The number of aliphatic carboxylic acids is 1. The van der Waals surface area contributed by atoms with Crippen LogP contribution in [0.4, 0.5) is 13.2 Å². The van der Waals surface area contributed by atoms with Crippen LogP contribution in [0.15, 0.2) is 36.5 Å². The number of carbonyl (C=O) groups is 2. The summed E-state index contributed by atoms with van der Waals surface area (Å²) in [6, 6.07) is 8.89. The molecule has 2 atom stereocenters. The van der Waals surface area contributed by atoms with Crippen molar-refractivity contribution >= 4 is 11.9 Å². The van der Waals surface area contributed by atoms with Gasteiger partial charge in [0.2, 0.25) is 0 Å². The summed E-state index contributed by atoms with van der Waals surface area (Å²) in [5.41, 5.74) is 1.12. The van der Waals surface area contributed by atoms with Crippen molar-refractivity contribution in [1.82, 2.24) is 14.7 Å². The van der Waals surface area contributed by atoms with E-state index in [-0.39, 0.29) is 12.2 Å². The zero-order valence-corrected chi connectivity index (χ0v) is 14.9. The maximum atomic E-state index is 13.2. The van der Waals surface area contributed by atoms with Gasteiger partial charge in [-0.2, -0.15) is 18.3 Å². The fourth-order valence-electron chi connectivity index (χ4n) is 3.34. The zero-order chi connectivity index (χ0) is 20.5. The molecule has 2 aromatic rings. The van der Waals surface area contributed by atoms with Gasteiger partial charge in [0.1, 0.15) is 0 Å². The molecular weight excluding hydrogens is 379 g/mol. The minimum absolute atomic E-state index is 0.00880. The predicted octanol–water partition coefficient (Wildman–Crippen LogP) is 2.35. The van der Waals surface area contributed by atoms with E-state index in [1.54, 1.807) is 24.3 Å². The van der Waals surface area contributed by atoms with Crippen LogP contribution >= 0.6 is 0 Å². The van der Waals surface area contributed by atoms with Gasteiger partial charge in [-0.05, 0) is 12.1 Å². The number of rotatable bonds is 5.